The topological polar surface area (TPSA) is 41.9 Å². The zero-order valence-corrected chi connectivity index (χ0v) is 20.7. The Labute approximate surface area is 197 Å². The maximum absolute atomic E-state index is 9.99. The Morgan fingerprint density at radius 2 is 1.94 bits per heavy atom. The minimum absolute atomic E-state index is 0.0165. The Morgan fingerprint density at radius 1 is 1.16 bits per heavy atom. The van der Waals surface area contributed by atoms with E-state index < -0.39 is 0 Å². The first-order chi connectivity index (χ1) is 15.3. The summed E-state index contributed by atoms with van der Waals surface area (Å²) in [6.07, 6.45) is 3.19. The molecule has 2 aromatic rings. The number of aliphatic hydroxyl groups is 1. The summed E-state index contributed by atoms with van der Waals surface area (Å²) in [6, 6.07) is 13.2. The molecule has 1 saturated heterocycles. The van der Waals surface area contributed by atoms with Crippen LogP contribution in [0.3, 0.4) is 0 Å². The number of ether oxygens (including phenoxy) is 2. The van der Waals surface area contributed by atoms with Crippen molar-refractivity contribution in [3.8, 4) is 5.75 Å². The van der Waals surface area contributed by atoms with Crippen LogP contribution < -0.4 is 9.04 Å². The Balaban J connectivity index is 1.50. The molecule has 4 rings (SSSR count). The summed E-state index contributed by atoms with van der Waals surface area (Å²) in [6.45, 7) is 12.5. The number of nitrogens with zero attached hydrogens (tertiary/aromatic N) is 1. The third-order valence-electron chi connectivity index (χ3n) is 6.51. The normalized spacial score (nSPS) is 18.6. The molecule has 0 bridgehead atoms. The van der Waals surface area contributed by atoms with Gasteiger partial charge in [0.1, 0.15) is 5.75 Å². The lowest BCUT2D eigenvalue weighted by molar-refractivity contribution is 0.0494. The van der Waals surface area contributed by atoms with E-state index in [2.05, 4.69) is 62.3 Å². The molecule has 0 atom stereocenters. The molecule has 2 aliphatic rings. The molecule has 0 radical (unpaired) electrons. The molecule has 4 nitrogen and oxygen atoms in total. The van der Waals surface area contributed by atoms with Crippen LogP contribution in [0.1, 0.15) is 63.1 Å². The van der Waals surface area contributed by atoms with Gasteiger partial charge in [0.2, 0.25) is 0 Å². The van der Waals surface area contributed by atoms with E-state index in [0.29, 0.717) is 18.4 Å². The first-order valence-corrected chi connectivity index (χ1v) is 12.6. The molecule has 0 saturated carbocycles. The van der Waals surface area contributed by atoms with Gasteiger partial charge < -0.3 is 18.9 Å². The molecular weight excluding hydrogens is 418 g/mol. The molecule has 32 heavy (non-hydrogen) atoms. The molecule has 0 aliphatic carbocycles. The maximum atomic E-state index is 9.99. The van der Waals surface area contributed by atoms with Crippen LogP contribution in [0, 0.1) is 11.3 Å². The number of hydrogen-bond donors (Lipinski definition) is 1. The van der Waals surface area contributed by atoms with Gasteiger partial charge in [-0.3, -0.25) is 0 Å². The summed E-state index contributed by atoms with van der Waals surface area (Å²) in [5.74, 6) is 1.86. The maximum Gasteiger partial charge on any atom is 0.124 e. The highest BCUT2D eigenvalue weighted by Gasteiger charge is 2.31. The smallest absolute Gasteiger partial charge is 0.124 e. The van der Waals surface area contributed by atoms with E-state index in [4.69, 9.17) is 9.47 Å². The third-order valence-corrected chi connectivity index (χ3v) is 7.52. The van der Waals surface area contributed by atoms with E-state index in [9.17, 15) is 5.11 Å². The molecule has 0 amide bonds. The van der Waals surface area contributed by atoms with Crippen molar-refractivity contribution in [2.24, 2.45) is 11.3 Å². The molecule has 2 heterocycles. The third kappa shape index (κ3) is 5.62. The molecule has 2 aliphatic heterocycles. The van der Waals surface area contributed by atoms with Crippen LogP contribution in [0.25, 0.3) is 0 Å². The van der Waals surface area contributed by atoms with Gasteiger partial charge in [0.25, 0.3) is 0 Å². The minimum Gasteiger partial charge on any atom is -0.493 e. The standard InChI is InChI=1S/C27H37NO3S/c1-19(2)21-5-7-25-22(13-21)15-27(3,4)18-28(25)32-24-6-8-26(23(14-24)16-29)31-17-20-9-11-30-12-10-20/h5-8,13-14,19-20,29H,9-12,15-18H2,1-4H3. The SMILES string of the molecule is CC(C)c1ccc2c(c1)CC(C)(C)CN2Sc1ccc(OCC2CCOCC2)c(CO)c1. The molecule has 5 heteroatoms. The van der Waals surface area contributed by atoms with E-state index in [-0.39, 0.29) is 12.0 Å². The number of rotatable bonds is 7. The van der Waals surface area contributed by atoms with Gasteiger partial charge in [-0.05, 0) is 83.9 Å². The zero-order valence-electron chi connectivity index (χ0n) is 19.9. The second kappa shape index (κ2) is 10.1. The summed E-state index contributed by atoms with van der Waals surface area (Å²) in [5.41, 5.74) is 5.21. The van der Waals surface area contributed by atoms with E-state index in [1.807, 2.05) is 6.07 Å². The quantitative estimate of drug-likeness (QED) is 0.503. The second-order valence-electron chi connectivity index (χ2n) is 10.3. The Hall–Kier alpha value is -1.69. The molecule has 0 unspecified atom stereocenters. The van der Waals surface area contributed by atoms with Crippen molar-refractivity contribution < 1.29 is 14.6 Å². The van der Waals surface area contributed by atoms with Crippen LogP contribution in [-0.4, -0.2) is 31.5 Å². The number of aliphatic hydroxyl groups excluding tert-OH is 1. The fourth-order valence-electron chi connectivity index (χ4n) is 4.60. The summed E-state index contributed by atoms with van der Waals surface area (Å²) in [7, 11) is 0. The molecule has 1 fully saturated rings. The van der Waals surface area contributed by atoms with Crippen molar-refractivity contribution in [1.29, 1.82) is 0 Å². The number of hydrogen-bond acceptors (Lipinski definition) is 5. The Kier molecular flexibility index (Phi) is 7.38. The van der Waals surface area contributed by atoms with Gasteiger partial charge in [0, 0.05) is 30.2 Å². The summed E-state index contributed by atoms with van der Waals surface area (Å²) in [4.78, 5) is 1.13. The molecule has 174 valence electrons. The lowest BCUT2D eigenvalue weighted by Crippen LogP contribution is -2.36. The zero-order chi connectivity index (χ0) is 22.7. The average molecular weight is 456 g/mol. The van der Waals surface area contributed by atoms with Crippen LogP contribution in [0.5, 0.6) is 5.75 Å². The average Bonchev–Trinajstić information content (AvgIpc) is 2.77. The van der Waals surface area contributed by atoms with Crippen molar-refractivity contribution in [2.75, 3.05) is 30.7 Å². The van der Waals surface area contributed by atoms with Crippen molar-refractivity contribution in [2.45, 2.75) is 64.4 Å². The Morgan fingerprint density at radius 3 is 2.66 bits per heavy atom. The lowest BCUT2D eigenvalue weighted by Gasteiger charge is -2.40. The number of benzene rings is 2. The van der Waals surface area contributed by atoms with Gasteiger partial charge in [-0.15, -0.1) is 0 Å². The van der Waals surface area contributed by atoms with Gasteiger partial charge in [-0.2, -0.15) is 0 Å². The highest BCUT2D eigenvalue weighted by Crippen LogP contribution is 2.43. The van der Waals surface area contributed by atoms with Crippen LogP contribution in [-0.2, 0) is 17.8 Å². The van der Waals surface area contributed by atoms with E-state index >= 15 is 0 Å². The van der Waals surface area contributed by atoms with Crippen LogP contribution >= 0.6 is 11.9 Å². The van der Waals surface area contributed by atoms with Crippen molar-refractivity contribution >= 4 is 17.6 Å². The van der Waals surface area contributed by atoms with E-state index in [0.717, 1.165) is 55.2 Å². The van der Waals surface area contributed by atoms with Crippen molar-refractivity contribution in [3.63, 3.8) is 0 Å². The van der Waals surface area contributed by atoms with Gasteiger partial charge in [-0.1, -0.05) is 39.8 Å². The highest BCUT2D eigenvalue weighted by atomic mass is 32.2. The molecular formula is C27H37NO3S. The van der Waals surface area contributed by atoms with Crippen LogP contribution in [0.2, 0.25) is 0 Å². The first-order valence-electron chi connectivity index (χ1n) is 11.9. The largest absolute Gasteiger partial charge is 0.493 e. The van der Waals surface area contributed by atoms with Crippen molar-refractivity contribution in [1.82, 2.24) is 0 Å². The van der Waals surface area contributed by atoms with Gasteiger partial charge >= 0.3 is 0 Å². The lowest BCUT2D eigenvalue weighted by atomic mass is 9.81. The number of fused-ring (bicyclic) bond motifs is 1. The molecule has 1 N–H and O–H groups in total. The van der Waals surface area contributed by atoms with Crippen molar-refractivity contribution in [3.05, 3.63) is 53.1 Å². The fraction of sp³-hybridized carbons (Fsp3) is 0.556. The molecule has 0 spiro atoms. The molecule has 2 aromatic carbocycles. The fourth-order valence-corrected chi connectivity index (χ4v) is 5.87. The molecule has 0 aromatic heterocycles. The second-order valence-corrected chi connectivity index (χ2v) is 11.4. The summed E-state index contributed by atoms with van der Waals surface area (Å²) in [5, 5.41) is 9.99. The predicted molar refractivity (Wildman–Crippen MR) is 133 cm³/mol. The predicted octanol–water partition coefficient (Wildman–Crippen LogP) is 6.20. The number of anilines is 1. The van der Waals surface area contributed by atoms with Crippen LogP contribution in [0.15, 0.2) is 41.3 Å². The van der Waals surface area contributed by atoms with Gasteiger partial charge in [0.05, 0.1) is 18.9 Å². The summed E-state index contributed by atoms with van der Waals surface area (Å²) >= 11 is 1.76. The highest BCUT2D eigenvalue weighted by molar-refractivity contribution is 8.00. The van der Waals surface area contributed by atoms with E-state index in [1.54, 1.807) is 11.9 Å². The summed E-state index contributed by atoms with van der Waals surface area (Å²) < 4.78 is 14.0. The monoisotopic (exact) mass is 455 g/mol. The van der Waals surface area contributed by atoms with Crippen LogP contribution in [0.4, 0.5) is 5.69 Å². The Bertz CT molecular complexity index is 921. The van der Waals surface area contributed by atoms with Gasteiger partial charge in [-0.25, -0.2) is 0 Å². The minimum atomic E-state index is -0.0165. The first kappa shape index (κ1) is 23.5. The van der Waals surface area contributed by atoms with E-state index in [1.165, 1.54) is 16.8 Å². The van der Waals surface area contributed by atoms with Gasteiger partial charge in [0.15, 0.2) is 0 Å².